The topological polar surface area (TPSA) is 65.6 Å². The Bertz CT molecular complexity index is 842. The predicted molar refractivity (Wildman–Crippen MR) is 76.0 cm³/mol. The zero-order valence-corrected chi connectivity index (χ0v) is 11.8. The van der Waals surface area contributed by atoms with Crippen molar-refractivity contribution in [2.45, 2.75) is 32.4 Å². The van der Waals surface area contributed by atoms with E-state index in [2.05, 4.69) is 19.7 Å². The molecular formula is C13H13N5OS. The smallest absolute Gasteiger partial charge is 0.262 e. The summed E-state index contributed by atoms with van der Waals surface area (Å²) >= 11 is 1.50. The molecule has 3 aromatic heterocycles. The molecule has 7 heteroatoms. The summed E-state index contributed by atoms with van der Waals surface area (Å²) in [5, 5.41) is 12.7. The van der Waals surface area contributed by atoms with Gasteiger partial charge in [-0.3, -0.25) is 9.36 Å². The summed E-state index contributed by atoms with van der Waals surface area (Å²) in [6.07, 6.45) is 3.93. The lowest BCUT2D eigenvalue weighted by Gasteiger charge is -2.08. The number of hydrogen-bond donors (Lipinski definition) is 0. The van der Waals surface area contributed by atoms with Crippen LogP contribution in [0, 0.1) is 6.92 Å². The second kappa shape index (κ2) is 4.24. The lowest BCUT2D eigenvalue weighted by atomic mass is 10.4. The van der Waals surface area contributed by atoms with E-state index in [9.17, 15) is 4.79 Å². The summed E-state index contributed by atoms with van der Waals surface area (Å²) in [4.78, 5) is 16.7. The molecule has 3 aromatic rings. The molecule has 0 atom stereocenters. The molecule has 102 valence electrons. The maximum atomic E-state index is 12.4. The molecule has 0 bridgehead atoms. The Hall–Kier alpha value is -2.02. The Kier molecular flexibility index (Phi) is 2.50. The summed E-state index contributed by atoms with van der Waals surface area (Å²) in [6, 6.07) is 0.508. The fourth-order valence-corrected chi connectivity index (χ4v) is 3.23. The highest BCUT2D eigenvalue weighted by molar-refractivity contribution is 7.09. The molecular weight excluding hydrogens is 274 g/mol. The van der Waals surface area contributed by atoms with Crippen LogP contribution >= 0.6 is 11.3 Å². The standard InChI is InChI=1S/C13H13N5OS/c1-8-15-16-12(18(8)9-2-3-9)4-17-7-14-11-6-20-5-10(11)13(17)19/h5-7,9H,2-4H2,1H3. The molecule has 0 spiro atoms. The van der Waals surface area contributed by atoms with Crippen LogP contribution in [0.4, 0.5) is 0 Å². The molecule has 4 rings (SSSR count). The van der Waals surface area contributed by atoms with Crippen LogP contribution in [0.5, 0.6) is 0 Å². The molecule has 1 aliphatic rings. The Labute approximate surface area is 118 Å². The summed E-state index contributed by atoms with van der Waals surface area (Å²) in [6.45, 7) is 2.38. The summed E-state index contributed by atoms with van der Waals surface area (Å²) in [5.74, 6) is 1.75. The van der Waals surface area contributed by atoms with E-state index in [0.717, 1.165) is 17.2 Å². The van der Waals surface area contributed by atoms with Gasteiger partial charge in [0.25, 0.3) is 5.56 Å². The van der Waals surface area contributed by atoms with E-state index < -0.39 is 0 Å². The summed E-state index contributed by atoms with van der Waals surface area (Å²) in [7, 11) is 0. The Morgan fingerprint density at radius 3 is 3.00 bits per heavy atom. The fourth-order valence-electron chi connectivity index (χ4n) is 2.48. The van der Waals surface area contributed by atoms with Crippen LogP contribution in [0.3, 0.4) is 0 Å². The number of hydrogen-bond acceptors (Lipinski definition) is 5. The number of fused-ring (bicyclic) bond motifs is 1. The van der Waals surface area contributed by atoms with E-state index in [1.54, 1.807) is 10.9 Å². The first kappa shape index (κ1) is 11.8. The number of rotatable bonds is 3. The fraction of sp³-hybridized carbons (Fsp3) is 0.385. The van der Waals surface area contributed by atoms with Gasteiger partial charge in [-0.1, -0.05) is 0 Å². The molecule has 0 saturated heterocycles. The van der Waals surface area contributed by atoms with E-state index in [0.29, 0.717) is 18.0 Å². The maximum absolute atomic E-state index is 12.4. The van der Waals surface area contributed by atoms with Crippen molar-refractivity contribution in [1.29, 1.82) is 0 Å². The van der Waals surface area contributed by atoms with E-state index in [1.807, 2.05) is 17.7 Å². The van der Waals surface area contributed by atoms with Gasteiger partial charge in [-0.25, -0.2) is 4.98 Å². The Morgan fingerprint density at radius 1 is 1.35 bits per heavy atom. The Balaban J connectivity index is 1.77. The van der Waals surface area contributed by atoms with Crippen LogP contribution in [0.15, 0.2) is 21.9 Å². The molecule has 0 amide bonds. The van der Waals surface area contributed by atoms with Crippen LogP contribution in [0.25, 0.3) is 10.9 Å². The lowest BCUT2D eigenvalue weighted by molar-refractivity contribution is 0.616. The summed E-state index contributed by atoms with van der Waals surface area (Å²) in [5.41, 5.74) is 0.746. The third-order valence-corrected chi connectivity index (χ3v) is 4.36. The molecule has 20 heavy (non-hydrogen) atoms. The summed E-state index contributed by atoms with van der Waals surface area (Å²) < 4.78 is 3.75. The van der Waals surface area contributed by atoms with Gasteiger partial charge >= 0.3 is 0 Å². The molecule has 6 nitrogen and oxygen atoms in total. The highest BCUT2D eigenvalue weighted by atomic mass is 32.1. The molecule has 1 aliphatic carbocycles. The van der Waals surface area contributed by atoms with Crippen LogP contribution in [0.1, 0.15) is 30.5 Å². The van der Waals surface area contributed by atoms with Crippen molar-refractivity contribution < 1.29 is 0 Å². The van der Waals surface area contributed by atoms with Gasteiger partial charge in [0.15, 0.2) is 5.82 Å². The van der Waals surface area contributed by atoms with Crippen molar-refractivity contribution in [3.05, 3.63) is 39.1 Å². The van der Waals surface area contributed by atoms with Crippen LogP contribution < -0.4 is 5.56 Å². The third kappa shape index (κ3) is 1.77. The number of aryl methyl sites for hydroxylation is 1. The van der Waals surface area contributed by atoms with Gasteiger partial charge in [0.1, 0.15) is 5.82 Å². The van der Waals surface area contributed by atoms with E-state index in [1.165, 1.54) is 24.2 Å². The van der Waals surface area contributed by atoms with E-state index in [-0.39, 0.29) is 5.56 Å². The molecule has 1 fully saturated rings. The van der Waals surface area contributed by atoms with Gasteiger partial charge in [-0.15, -0.1) is 21.5 Å². The van der Waals surface area contributed by atoms with Crippen LogP contribution in [0.2, 0.25) is 0 Å². The van der Waals surface area contributed by atoms with Crippen LogP contribution in [-0.4, -0.2) is 24.3 Å². The van der Waals surface area contributed by atoms with Crippen molar-refractivity contribution >= 4 is 22.2 Å². The van der Waals surface area contributed by atoms with Crippen molar-refractivity contribution in [3.63, 3.8) is 0 Å². The second-order valence-electron chi connectivity index (χ2n) is 5.11. The zero-order valence-electron chi connectivity index (χ0n) is 11.0. The quantitative estimate of drug-likeness (QED) is 0.736. The molecule has 3 heterocycles. The molecule has 0 radical (unpaired) electrons. The molecule has 0 aliphatic heterocycles. The Morgan fingerprint density at radius 2 is 2.20 bits per heavy atom. The number of thiophene rings is 1. The van der Waals surface area contributed by atoms with Gasteiger partial charge in [0, 0.05) is 16.8 Å². The normalized spacial score (nSPS) is 15.1. The van der Waals surface area contributed by atoms with Gasteiger partial charge in [-0.05, 0) is 19.8 Å². The van der Waals surface area contributed by atoms with Gasteiger partial charge in [0.05, 0.1) is 23.8 Å². The SMILES string of the molecule is Cc1nnc(Cn2cnc3cscc3c2=O)n1C1CC1. The van der Waals surface area contributed by atoms with E-state index in [4.69, 9.17) is 0 Å². The van der Waals surface area contributed by atoms with Crippen molar-refractivity contribution in [1.82, 2.24) is 24.3 Å². The highest BCUT2D eigenvalue weighted by Crippen LogP contribution is 2.36. The third-order valence-electron chi connectivity index (χ3n) is 3.63. The minimum Gasteiger partial charge on any atom is -0.311 e. The van der Waals surface area contributed by atoms with Gasteiger partial charge in [0.2, 0.25) is 0 Å². The highest BCUT2D eigenvalue weighted by Gasteiger charge is 2.28. The average Bonchev–Trinajstić information content (AvgIpc) is 3.03. The first-order valence-corrected chi connectivity index (χ1v) is 7.50. The zero-order chi connectivity index (χ0) is 13.7. The molecule has 0 aromatic carbocycles. The number of nitrogens with zero attached hydrogens (tertiary/aromatic N) is 5. The molecule has 0 N–H and O–H groups in total. The van der Waals surface area contributed by atoms with Crippen LogP contribution in [-0.2, 0) is 6.54 Å². The minimum absolute atomic E-state index is 0.0146. The van der Waals surface area contributed by atoms with Crippen molar-refractivity contribution in [2.75, 3.05) is 0 Å². The number of aromatic nitrogens is 5. The molecule has 0 unspecified atom stereocenters. The maximum Gasteiger partial charge on any atom is 0.262 e. The van der Waals surface area contributed by atoms with Gasteiger partial charge < -0.3 is 4.57 Å². The molecule has 1 saturated carbocycles. The predicted octanol–water partition coefficient (Wildman–Crippen LogP) is 1.74. The first-order valence-electron chi connectivity index (χ1n) is 6.56. The largest absolute Gasteiger partial charge is 0.311 e. The van der Waals surface area contributed by atoms with Crippen molar-refractivity contribution in [2.24, 2.45) is 0 Å². The van der Waals surface area contributed by atoms with Gasteiger partial charge in [-0.2, -0.15) is 0 Å². The van der Waals surface area contributed by atoms with E-state index >= 15 is 0 Å². The second-order valence-corrected chi connectivity index (χ2v) is 5.86. The minimum atomic E-state index is -0.0146. The average molecular weight is 287 g/mol. The monoisotopic (exact) mass is 287 g/mol. The first-order chi connectivity index (χ1) is 9.74. The lowest BCUT2D eigenvalue weighted by Crippen LogP contribution is -2.22. The van der Waals surface area contributed by atoms with Crippen molar-refractivity contribution in [3.8, 4) is 0 Å².